The minimum Gasteiger partial charge on any atom is -0.319 e. The van der Waals surface area contributed by atoms with E-state index >= 15 is 0 Å². The summed E-state index contributed by atoms with van der Waals surface area (Å²) < 4.78 is 0.850. The van der Waals surface area contributed by atoms with Gasteiger partial charge < -0.3 is 5.32 Å². The van der Waals surface area contributed by atoms with Crippen molar-refractivity contribution in [3.05, 3.63) is 69.2 Å². The van der Waals surface area contributed by atoms with Gasteiger partial charge in [0.1, 0.15) is 5.54 Å². The minimum atomic E-state index is -1.08. The molecule has 118 valence electrons. The summed E-state index contributed by atoms with van der Waals surface area (Å²) in [6.07, 6.45) is 0. The molecular weight excluding hydrogens is 380 g/mol. The predicted molar refractivity (Wildman–Crippen MR) is 92.0 cm³/mol. The van der Waals surface area contributed by atoms with E-state index in [0.29, 0.717) is 5.02 Å². The molecule has 2 aromatic carbocycles. The van der Waals surface area contributed by atoms with Crippen molar-refractivity contribution < 1.29 is 9.59 Å². The van der Waals surface area contributed by atoms with Crippen LogP contribution in [0.4, 0.5) is 4.79 Å². The van der Waals surface area contributed by atoms with Crippen LogP contribution in [0.5, 0.6) is 0 Å². The number of benzene rings is 2. The van der Waals surface area contributed by atoms with Gasteiger partial charge in [0.05, 0.1) is 6.54 Å². The molecule has 0 radical (unpaired) electrons. The molecule has 0 aliphatic carbocycles. The number of nitrogens with one attached hydrogen (secondary N) is 1. The largest absolute Gasteiger partial charge is 0.325 e. The number of halogens is 2. The lowest BCUT2D eigenvalue weighted by Crippen LogP contribution is -2.40. The number of carbonyl (C=O) groups is 2. The lowest BCUT2D eigenvalue weighted by Gasteiger charge is -2.22. The molecule has 0 saturated carbocycles. The van der Waals surface area contributed by atoms with Crippen molar-refractivity contribution in [2.75, 3.05) is 0 Å². The monoisotopic (exact) mass is 392 g/mol. The van der Waals surface area contributed by atoms with Crippen LogP contribution in [0, 0.1) is 0 Å². The van der Waals surface area contributed by atoms with Crippen molar-refractivity contribution >= 4 is 39.5 Å². The van der Waals surface area contributed by atoms with Crippen LogP contribution in [0.25, 0.3) is 0 Å². The average Bonchev–Trinajstić information content (AvgIpc) is 2.74. The Bertz CT molecular complexity index is 796. The molecule has 1 unspecified atom stereocenters. The molecule has 3 rings (SSSR count). The molecule has 6 heteroatoms. The maximum atomic E-state index is 12.8. The molecule has 1 atom stereocenters. The van der Waals surface area contributed by atoms with Gasteiger partial charge in [-0.15, -0.1) is 0 Å². The van der Waals surface area contributed by atoms with Gasteiger partial charge in [-0.05, 0) is 36.2 Å². The van der Waals surface area contributed by atoms with Crippen molar-refractivity contribution in [3.63, 3.8) is 0 Å². The van der Waals surface area contributed by atoms with Crippen LogP contribution in [-0.4, -0.2) is 16.8 Å². The summed E-state index contributed by atoms with van der Waals surface area (Å²) in [6, 6.07) is 14.1. The highest BCUT2D eigenvalue weighted by atomic mass is 79.9. The van der Waals surface area contributed by atoms with E-state index in [2.05, 4.69) is 21.2 Å². The van der Waals surface area contributed by atoms with Gasteiger partial charge >= 0.3 is 6.03 Å². The fourth-order valence-corrected chi connectivity index (χ4v) is 3.23. The Kier molecular flexibility index (Phi) is 4.17. The third-order valence-electron chi connectivity index (χ3n) is 3.96. The van der Waals surface area contributed by atoms with Crippen LogP contribution < -0.4 is 5.32 Å². The molecule has 1 heterocycles. The average molecular weight is 394 g/mol. The second kappa shape index (κ2) is 5.98. The maximum absolute atomic E-state index is 12.8. The molecule has 23 heavy (non-hydrogen) atoms. The zero-order valence-corrected chi connectivity index (χ0v) is 14.7. The molecule has 0 aromatic heterocycles. The van der Waals surface area contributed by atoms with E-state index in [1.54, 1.807) is 19.1 Å². The molecule has 0 spiro atoms. The highest BCUT2D eigenvalue weighted by Crippen LogP contribution is 2.31. The molecule has 1 N–H and O–H groups in total. The topological polar surface area (TPSA) is 49.4 Å². The molecule has 0 bridgehead atoms. The van der Waals surface area contributed by atoms with Gasteiger partial charge in [-0.3, -0.25) is 9.69 Å². The maximum Gasteiger partial charge on any atom is 0.325 e. The second-order valence-corrected chi connectivity index (χ2v) is 6.87. The van der Waals surface area contributed by atoms with Crippen molar-refractivity contribution in [1.29, 1.82) is 0 Å². The van der Waals surface area contributed by atoms with Gasteiger partial charge in [-0.1, -0.05) is 57.9 Å². The Labute approximate surface area is 147 Å². The summed E-state index contributed by atoms with van der Waals surface area (Å²) in [6.45, 7) is 1.86. The third-order valence-corrected chi connectivity index (χ3v) is 4.83. The first-order valence-corrected chi connectivity index (χ1v) is 8.22. The summed E-state index contributed by atoms with van der Waals surface area (Å²) in [7, 11) is 0. The highest BCUT2D eigenvalue weighted by molar-refractivity contribution is 9.10. The fourth-order valence-electron chi connectivity index (χ4n) is 2.63. The summed E-state index contributed by atoms with van der Waals surface area (Å²) in [5.41, 5.74) is 0.380. The van der Waals surface area contributed by atoms with E-state index in [1.165, 1.54) is 4.90 Å². The molecule has 3 amide bonds. The Morgan fingerprint density at radius 1 is 1.17 bits per heavy atom. The van der Waals surface area contributed by atoms with Gasteiger partial charge in [-0.2, -0.15) is 0 Å². The smallest absolute Gasteiger partial charge is 0.319 e. The Morgan fingerprint density at radius 2 is 1.91 bits per heavy atom. The molecule has 2 aromatic rings. The van der Waals surface area contributed by atoms with Gasteiger partial charge in [0, 0.05) is 9.50 Å². The fraction of sp³-hybridized carbons (Fsp3) is 0.176. The first kappa shape index (κ1) is 16.0. The van der Waals surface area contributed by atoms with Crippen LogP contribution >= 0.6 is 27.5 Å². The Morgan fingerprint density at radius 3 is 2.61 bits per heavy atom. The lowest BCUT2D eigenvalue weighted by molar-refractivity contribution is -0.131. The zero-order valence-electron chi connectivity index (χ0n) is 12.3. The number of hydrogen-bond donors (Lipinski definition) is 1. The van der Waals surface area contributed by atoms with Crippen molar-refractivity contribution in [2.24, 2.45) is 0 Å². The first-order chi connectivity index (χ1) is 10.9. The summed E-state index contributed by atoms with van der Waals surface area (Å²) in [5.74, 6) is -0.291. The third kappa shape index (κ3) is 2.86. The Hall–Kier alpha value is -1.85. The number of nitrogens with zero attached hydrogens (tertiary/aromatic N) is 1. The van der Waals surface area contributed by atoms with Crippen LogP contribution in [0.3, 0.4) is 0 Å². The normalized spacial score (nSPS) is 20.7. The minimum absolute atomic E-state index is 0.147. The predicted octanol–water partition coefficient (Wildman–Crippen LogP) is 4.07. The molecule has 1 fully saturated rings. The van der Waals surface area contributed by atoms with E-state index in [4.69, 9.17) is 11.6 Å². The zero-order chi connectivity index (χ0) is 16.6. The number of imide groups is 1. The molecule has 1 saturated heterocycles. The number of carbonyl (C=O) groups excluding carboxylic acids is 2. The molecule has 4 nitrogen and oxygen atoms in total. The van der Waals surface area contributed by atoms with Crippen LogP contribution in [0.15, 0.2) is 53.0 Å². The number of urea groups is 1. The van der Waals surface area contributed by atoms with Crippen LogP contribution in [-0.2, 0) is 16.9 Å². The molecule has 1 aliphatic rings. The highest BCUT2D eigenvalue weighted by Gasteiger charge is 2.49. The van der Waals surface area contributed by atoms with Gasteiger partial charge in [0.2, 0.25) is 0 Å². The summed E-state index contributed by atoms with van der Waals surface area (Å²) in [5, 5.41) is 3.32. The standard InChI is InChI=1S/C17H14BrClN2O2/c1-17(12-6-4-7-13(18)9-12)15(22)21(16(23)20-17)10-11-5-2-3-8-14(11)19/h2-9H,10H2,1H3,(H,20,23). The van der Waals surface area contributed by atoms with E-state index in [-0.39, 0.29) is 12.5 Å². The van der Waals surface area contributed by atoms with E-state index in [0.717, 1.165) is 15.6 Å². The SMILES string of the molecule is CC1(c2cccc(Br)c2)NC(=O)N(Cc2ccccc2Cl)C1=O. The summed E-state index contributed by atoms with van der Waals surface area (Å²) >= 11 is 9.52. The molecule has 1 aliphatic heterocycles. The van der Waals surface area contributed by atoms with Gasteiger partial charge in [0.25, 0.3) is 5.91 Å². The van der Waals surface area contributed by atoms with Crippen molar-refractivity contribution in [3.8, 4) is 0 Å². The van der Waals surface area contributed by atoms with Gasteiger partial charge in [-0.25, -0.2) is 4.79 Å². The van der Waals surface area contributed by atoms with E-state index in [1.807, 2.05) is 36.4 Å². The summed E-state index contributed by atoms with van der Waals surface area (Å²) in [4.78, 5) is 26.4. The van der Waals surface area contributed by atoms with Gasteiger partial charge in [0.15, 0.2) is 0 Å². The number of amides is 3. The Balaban J connectivity index is 1.92. The quantitative estimate of drug-likeness (QED) is 0.799. The number of hydrogen-bond acceptors (Lipinski definition) is 2. The van der Waals surface area contributed by atoms with Crippen molar-refractivity contribution in [2.45, 2.75) is 19.0 Å². The van der Waals surface area contributed by atoms with E-state index in [9.17, 15) is 9.59 Å². The van der Waals surface area contributed by atoms with Crippen LogP contribution in [0.2, 0.25) is 5.02 Å². The lowest BCUT2D eigenvalue weighted by atomic mass is 9.92. The second-order valence-electron chi connectivity index (χ2n) is 5.55. The number of rotatable bonds is 3. The first-order valence-electron chi connectivity index (χ1n) is 7.05. The van der Waals surface area contributed by atoms with Crippen molar-refractivity contribution in [1.82, 2.24) is 10.2 Å². The molecular formula is C17H14BrClN2O2. The van der Waals surface area contributed by atoms with E-state index < -0.39 is 11.6 Å². The van der Waals surface area contributed by atoms with Crippen LogP contribution in [0.1, 0.15) is 18.1 Å².